The largest absolute Gasteiger partial charge is 0.487 e. The summed E-state index contributed by atoms with van der Waals surface area (Å²) in [4.78, 5) is 43.2. The van der Waals surface area contributed by atoms with Gasteiger partial charge < -0.3 is 25.0 Å². The highest BCUT2D eigenvalue weighted by atomic mass is 19.1. The molecule has 9 nitrogen and oxygen atoms in total. The topological polar surface area (TPSA) is 112 Å². The number of pyridine rings is 1. The number of aliphatic hydroxyl groups excluding tert-OH is 1. The van der Waals surface area contributed by atoms with Gasteiger partial charge in [0.1, 0.15) is 24.3 Å². The van der Waals surface area contributed by atoms with Crippen molar-refractivity contribution in [2.75, 3.05) is 39.1 Å². The van der Waals surface area contributed by atoms with E-state index >= 15 is 0 Å². The molecule has 1 aliphatic carbocycles. The minimum Gasteiger partial charge on any atom is -0.487 e. The molecule has 1 saturated carbocycles. The summed E-state index contributed by atoms with van der Waals surface area (Å²) in [5, 5.41) is 11.8. The third kappa shape index (κ3) is 5.64. The fourth-order valence-corrected chi connectivity index (χ4v) is 4.45. The van der Waals surface area contributed by atoms with Crippen LogP contribution in [-0.2, 0) is 14.4 Å². The number of benzene rings is 1. The lowest BCUT2D eigenvalue weighted by Crippen LogP contribution is -2.50. The Bertz CT molecular complexity index is 1160. The van der Waals surface area contributed by atoms with E-state index in [1.54, 1.807) is 32.4 Å². The predicted octanol–water partition coefficient (Wildman–Crippen LogP) is 2.03. The zero-order valence-corrected chi connectivity index (χ0v) is 20.6. The van der Waals surface area contributed by atoms with Crippen LogP contribution in [0.25, 0.3) is 11.1 Å². The van der Waals surface area contributed by atoms with E-state index in [1.165, 1.54) is 9.80 Å². The molecular weight excluding hydrogens is 467 g/mol. The van der Waals surface area contributed by atoms with Crippen molar-refractivity contribution in [1.29, 1.82) is 0 Å². The summed E-state index contributed by atoms with van der Waals surface area (Å²) in [6.07, 6.45) is 0.461. The Morgan fingerprint density at radius 2 is 1.94 bits per heavy atom. The molecule has 2 aromatic rings. The molecule has 0 bridgehead atoms. The van der Waals surface area contributed by atoms with Crippen molar-refractivity contribution in [3.05, 3.63) is 42.1 Å². The lowest BCUT2D eigenvalue weighted by atomic mass is 10.0. The molecule has 4 atom stereocenters. The third-order valence-electron chi connectivity index (χ3n) is 6.65. The van der Waals surface area contributed by atoms with Gasteiger partial charge in [-0.2, -0.15) is 0 Å². The number of rotatable bonds is 7. The summed E-state index contributed by atoms with van der Waals surface area (Å²) in [5.74, 6) is -0.389. The van der Waals surface area contributed by atoms with Crippen molar-refractivity contribution in [3.63, 3.8) is 0 Å². The number of nitrogens with one attached hydrogen (secondary N) is 1. The molecule has 192 valence electrons. The number of nitrogens with zero attached hydrogens (tertiary/aromatic N) is 3. The number of amides is 3. The maximum absolute atomic E-state index is 14.6. The SMILES string of the molecule is Cc1cc(-c2ccnc(NC(=O)[C@H]3C[C@H]3C(=O)N(C)C)c2)ccc1O[C@H]1CCN(C(=O)CO)C[C@H]1F. The van der Waals surface area contributed by atoms with Crippen molar-refractivity contribution in [2.45, 2.75) is 32.0 Å². The highest BCUT2D eigenvalue weighted by Crippen LogP contribution is 2.40. The van der Waals surface area contributed by atoms with Crippen LogP contribution in [0, 0.1) is 18.8 Å². The number of carbonyl (C=O) groups excluding carboxylic acids is 3. The molecule has 1 aromatic heterocycles. The van der Waals surface area contributed by atoms with Gasteiger partial charge in [0.05, 0.1) is 18.4 Å². The zero-order valence-electron chi connectivity index (χ0n) is 20.6. The Labute approximate surface area is 209 Å². The smallest absolute Gasteiger partial charge is 0.248 e. The molecule has 36 heavy (non-hydrogen) atoms. The first-order chi connectivity index (χ1) is 17.2. The van der Waals surface area contributed by atoms with Crippen LogP contribution in [0.15, 0.2) is 36.5 Å². The lowest BCUT2D eigenvalue weighted by molar-refractivity contribution is -0.138. The van der Waals surface area contributed by atoms with Crippen LogP contribution in [0.5, 0.6) is 5.75 Å². The molecule has 10 heteroatoms. The minimum absolute atomic E-state index is 0.0436. The Balaban J connectivity index is 1.39. The molecular formula is C26H31FN4O5. The second kappa shape index (κ2) is 10.6. The molecule has 2 fully saturated rings. The number of halogens is 1. The van der Waals surface area contributed by atoms with E-state index in [0.717, 1.165) is 16.7 Å². The van der Waals surface area contributed by atoms with Crippen LogP contribution in [0.3, 0.4) is 0 Å². The van der Waals surface area contributed by atoms with Crippen molar-refractivity contribution in [1.82, 2.24) is 14.8 Å². The molecule has 2 aliphatic rings. The second-order valence-corrected chi connectivity index (χ2v) is 9.54. The maximum atomic E-state index is 14.6. The van der Waals surface area contributed by atoms with Gasteiger partial charge in [0.25, 0.3) is 0 Å². The van der Waals surface area contributed by atoms with Gasteiger partial charge in [0, 0.05) is 33.3 Å². The number of alkyl halides is 1. The number of aliphatic hydroxyl groups is 1. The van der Waals surface area contributed by atoms with Crippen molar-refractivity contribution < 1.29 is 28.6 Å². The first-order valence-corrected chi connectivity index (χ1v) is 12.0. The van der Waals surface area contributed by atoms with E-state index < -0.39 is 24.8 Å². The molecule has 1 aliphatic heterocycles. The molecule has 0 unspecified atom stereocenters. The number of piperidine rings is 1. The fourth-order valence-electron chi connectivity index (χ4n) is 4.45. The van der Waals surface area contributed by atoms with Gasteiger partial charge in [-0.3, -0.25) is 14.4 Å². The molecule has 2 N–H and O–H groups in total. The van der Waals surface area contributed by atoms with Crippen molar-refractivity contribution in [3.8, 4) is 16.9 Å². The third-order valence-corrected chi connectivity index (χ3v) is 6.65. The molecule has 2 heterocycles. The van der Waals surface area contributed by atoms with E-state index in [2.05, 4.69) is 10.3 Å². The quantitative estimate of drug-likeness (QED) is 0.604. The zero-order chi connectivity index (χ0) is 26.0. The lowest BCUT2D eigenvalue weighted by Gasteiger charge is -2.34. The first-order valence-electron chi connectivity index (χ1n) is 12.0. The van der Waals surface area contributed by atoms with E-state index in [-0.39, 0.29) is 30.2 Å². The van der Waals surface area contributed by atoms with Crippen LogP contribution in [-0.4, -0.2) is 83.7 Å². The molecule has 0 radical (unpaired) electrons. The second-order valence-electron chi connectivity index (χ2n) is 9.54. The first kappa shape index (κ1) is 25.6. The molecule has 4 rings (SSSR count). The highest BCUT2D eigenvalue weighted by Gasteiger charge is 2.48. The number of hydrogen-bond acceptors (Lipinski definition) is 6. The van der Waals surface area contributed by atoms with Crippen molar-refractivity contribution >= 4 is 23.5 Å². The summed E-state index contributed by atoms with van der Waals surface area (Å²) in [5.41, 5.74) is 2.54. The Morgan fingerprint density at radius 3 is 2.61 bits per heavy atom. The predicted molar refractivity (Wildman–Crippen MR) is 131 cm³/mol. The summed E-state index contributed by atoms with van der Waals surface area (Å²) in [7, 11) is 3.36. The van der Waals surface area contributed by atoms with Crippen molar-refractivity contribution in [2.24, 2.45) is 11.8 Å². The summed E-state index contributed by atoms with van der Waals surface area (Å²) in [6, 6.07) is 9.15. The van der Waals surface area contributed by atoms with E-state index in [9.17, 15) is 18.8 Å². The van der Waals surface area contributed by atoms with Gasteiger partial charge in [-0.05, 0) is 54.3 Å². The number of carbonyl (C=O) groups is 3. The average Bonchev–Trinajstić information content (AvgIpc) is 3.66. The minimum atomic E-state index is -1.35. The normalized spacial score (nSPS) is 23.1. The summed E-state index contributed by atoms with van der Waals surface area (Å²) < 4.78 is 20.5. The number of hydrogen-bond donors (Lipinski definition) is 2. The highest BCUT2D eigenvalue weighted by molar-refractivity contribution is 5.99. The number of likely N-dealkylation sites (tertiary alicyclic amines) is 1. The number of aromatic nitrogens is 1. The Hall–Kier alpha value is -3.53. The number of anilines is 1. The van der Waals surface area contributed by atoms with Gasteiger partial charge in [0.15, 0.2) is 6.17 Å². The molecule has 0 spiro atoms. The Morgan fingerprint density at radius 1 is 1.19 bits per heavy atom. The fraction of sp³-hybridized carbons (Fsp3) is 0.462. The van der Waals surface area contributed by atoms with Gasteiger partial charge >= 0.3 is 0 Å². The van der Waals surface area contributed by atoms with Crippen LogP contribution < -0.4 is 10.1 Å². The molecule has 3 amide bonds. The molecule has 1 aromatic carbocycles. The number of ether oxygens (including phenoxy) is 1. The van der Waals surface area contributed by atoms with E-state index in [0.29, 0.717) is 31.0 Å². The van der Waals surface area contributed by atoms with Gasteiger partial charge in [0.2, 0.25) is 17.7 Å². The van der Waals surface area contributed by atoms with Gasteiger partial charge in [-0.15, -0.1) is 0 Å². The molecule has 1 saturated heterocycles. The van der Waals surface area contributed by atoms with Crippen LogP contribution in [0.2, 0.25) is 0 Å². The van der Waals surface area contributed by atoms with Crippen LogP contribution >= 0.6 is 0 Å². The van der Waals surface area contributed by atoms with E-state index in [1.807, 2.05) is 25.1 Å². The standard InChI is InChI=1S/C26H31FN4O5/c1-15-10-16(4-5-21(15)36-22-7-9-31(13-20(22)27)24(33)14-32)17-6-8-28-23(11-17)29-25(34)18-12-19(18)26(35)30(2)3/h4-6,8,10-11,18-20,22,32H,7,9,12-14H2,1-3H3,(H,28,29,34)/t18-,19+,20+,22-/m0/s1. The number of aryl methyl sites for hydroxylation is 1. The van der Waals surface area contributed by atoms with Gasteiger partial charge in [-0.1, -0.05) is 6.07 Å². The van der Waals surface area contributed by atoms with E-state index in [4.69, 9.17) is 9.84 Å². The van der Waals surface area contributed by atoms with Crippen LogP contribution in [0.1, 0.15) is 18.4 Å². The average molecular weight is 499 g/mol. The van der Waals surface area contributed by atoms with Gasteiger partial charge in [-0.25, -0.2) is 9.37 Å². The monoisotopic (exact) mass is 498 g/mol. The summed E-state index contributed by atoms with van der Waals surface area (Å²) >= 11 is 0. The Kier molecular flexibility index (Phi) is 7.53. The maximum Gasteiger partial charge on any atom is 0.248 e. The summed E-state index contributed by atoms with van der Waals surface area (Å²) in [6.45, 7) is 1.47. The van der Waals surface area contributed by atoms with Crippen LogP contribution in [0.4, 0.5) is 10.2 Å².